The summed E-state index contributed by atoms with van der Waals surface area (Å²) in [5, 5.41) is 84.8. The van der Waals surface area contributed by atoms with E-state index in [9.17, 15) is 82.8 Å². The molecular formula is C93H131N25O23S2. The van der Waals surface area contributed by atoms with Crippen molar-refractivity contribution in [1.29, 1.82) is 5.41 Å². The van der Waals surface area contributed by atoms with Crippen LogP contribution in [0.3, 0.4) is 0 Å². The van der Waals surface area contributed by atoms with Gasteiger partial charge in [-0.3, -0.25) is 91.7 Å². The molecule has 6 aromatic rings. The molecule has 48 nitrogen and oxygen atoms in total. The van der Waals surface area contributed by atoms with Crippen molar-refractivity contribution in [2.75, 3.05) is 44.2 Å². The molecule has 3 aromatic carbocycles. The number of unbranched alkanes of at least 4 members (excludes halogenated alkanes) is 1. The fourth-order valence-corrected chi connectivity index (χ4v) is 17.1. The number of para-hydroxylation sites is 2. The number of carbonyl (C=O) groups excluding carboxylic acids is 16. The summed E-state index contributed by atoms with van der Waals surface area (Å²) in [6.45, 7) is 6.53. The normalized spacial score (nSPS) is 16.2. The van der Waals surface area contributed by atoms with E-state index in [0.717, 1.165) is 4.90 Å². The molecule has 0 saturated carbocycles. The van der Waals surface area contributed by atoms with Crippen LogP contribution in [0.2, 0.25) is 0 Å². The van der Waals surface area contributed by atoms with Gasteiger partial charge in [-0.25, -0.2) is 9.78 Å². The number of carbonyl (C=O) groups is 19. The van der Waals surface area contributed by atoms with Crippen molar-refractivity contribution in [2.45, 2.75) is 247 Å². The van der Waals surface area contributed by atoms with Crippen LogP contribution in [-0.2, 0) is 117 Å². The number of benzene rings is 3. The summed E-state index contributed by atoms with van der Waals surface area (Å²) < 4.78 is 0. The zero-order valence-corrected chi connectivity index (χ0v) is 81.5. The van der Waals surface area contributed by atoms with E-state index >= 15 is 28.8 Å². The van der Waals surface area contributed by atoms with Crippen molar-refractivity contribution >= 4 is 165 Å². The number of aromatic hydroxyl groups is 1. The average Bonchev–Trinajstić information content (AvgIpc) is 1.72. The number of aromatic amines is 3. The van der Waals surface area contributed by atoms with E-state index in [2.05, 4.69) is 120 Å². The van der Waals surface area contributed by atoms with Crippen LogP contribution < -0.4 is 97.4 Å². The third kappa shape index (κ3) is 35.6. The van der Waals surface area contributed by atoms with Crippen LogP contribution in [0.15, 0.2) is 97.7 Å². The molecule has 2 aliphatic rings. The summed E-state index contributed by atoms with van der Waals surface area (Å²) in [6, 6.07) is -4.21. The number of aromatic nitrogens is 4. The Kier molecular flexibility index (Phi) is 44.8. The van der Waals surface area contributed by atoms with Crippen LogP contribution in [0, 0.1) is 17.2 Å². The number of carboxylic acid groups (broad SMARTS) is 3. The molecule has 0 unspecified atom stereocenters. The number of guanidine groups is 1. The maximum Gasteiger partial charge on any atom is 0.326 e. The Morgan fingerprint density at radius 2 is 0.909 bits per heavy atom. The third-order valence-electron chi connectivity index (χ3n) is 24.0. The molecule has 15 atom stereocenters. The van der Waals surface area contributed by atoms with Gasteiger partial charge in [0, 0.05) is 116 Å². The van der Waals surface area contributed by atoms with E-state index in [1.165, 1.54) is 47.9 Å². The molecule has 8 rings (SSSR count). The van der Waals surface area contributed by atoms with Crippen LogP contribution in [0.5, 0.6) is 5.75 Å². The number of phenolic OH excluding ortho intramolecular Hbond substituents is 1. The number of likely N-dealkylation sites (tertiary alicyclic amines) is 2. The molecule has 143 heavy (non-hydrogen) atoms. The van der Waals surface area contributed by atoms with Gasteiger partial charge in [0.05, 0.1) is 25.3 Å². The maximum atomic E-state index is 15.5. The largest absolute Gasteiger partial charge is 0.508 e. The second-order valence-corrected chi connectivity index (χ2v) is 36.8. The van der Waals surface area contributed by atoms with Gasteiger partial charge in [0.2, 0.25) is 94.5 Å². The minimum Gasteiger partial charge on any atom is -0.508 e. The molecular weight excluding hydrogens is 1900 g/mol. The van der Waals surface area contributed by atoms with E-state index in [1.807, 2.05) is 0 Å². The van der Waals surface area contributed by atoms with Gasteiger partial charge in [-0.1, -0.05) is 76.2 Å². The molecule has 0 bridgehead atoms. The Morgan fingerprint density at radius 1 is 0.469 bits per heavy atom. The zero-order valence-electron chi connectivity index (χ0n) is 79.7. The van der Waals surface area contributed by atoms with E-state index < -0.39 is 278 Å². The molecule has 2 fully saturated rings. The predicted octanol–water partition coefficient (Wildman–Crippen LogP) is -3.37. The van der Waals surface area contributed by atoms with E-state index in [1.54, 1.807) is 82.4 Å². The fourth-order valence-electron chi connectivity index (χ4n) is 16.6. The lowest BCUT2D eigenvalue weighted by Crippen LogP contribution is -2.61. The summed E-state index contributed by atoms with van der Waals surface area (Å²) in [5.74, 6) is -22.1. The number of aliphatic carboxylic acids is 3. The van der Waals surface area contributed by atoms with Gasteiger partial charge in [-0.2, -0.15) is 25.3 Å². The highest BCUT2D eigenvalue weighted by atomic mass is 32.1. The number of rotatable bonds is 59. The summed E-state index contributed by atoms with van der Waals surface area (Å²) in [5.41, 5.74) is 25.9. The minimum absolute atomic E-state index is 0.00782. The van der Waals surface area contributed by atoms with Crippen molar-refractivity contribution < 1.29 is 112 Å². The van der Waals surface area contributed by atoms with Crippen molar-refractivity contribution in [3.63, 3.8) is 0 Å². The van der Waals surface area contributed by atoms with Crippen molar-refractivity contribution in [1.82, 2.24) is 104 Å². The average molecular weight is 2030 g/mol. The minimum atomic E-state index is -1.97. The summed E-state index contributed by atoms with van der Waals surface area (Å²) in [7, 11) is 0. The van der Waals surface area contributed by atoms with Crippen LogP contribution in [0.4, 0.5) is 0 Å². The highest BCUT2D eigenvalue weighted by molar-refractivity contribution is 7.80. The second kappa shape index (κ2) is 56.3. The lowest BCUT2D eigenvalue weighted by Gasteiger charge is -2.31. The molecule has 3 aromatic heterocycles. The second-order valence-electron chi connectivity index (χ2n) is 36.0. The standard InChI is InChI=1S/C93H131N25O23S2/c1-48(2)34-64(78(126)103-44-75(121)105-63(92(140)141)18-9-10-30-94)109-79(127)60(19-11-31-100-93(97)98)106-86(134)70(45-142)115-82(130)65(35-49(3)4)110-84(132)67(38-52-42-102-59-17-8-6-15-56(52)59)112-80(128)61(26-28-74(96)120)107-83(131)66(37-51-41-101-58-16-7-5-14-55(51)58)111-81(129)62(27-29-76(122)123)108-88(136)73-21-13-33-118(73)91(139)69(36-50-22-24-54(119)25-23-50)114-85(133)68(40-77(124)125)113-87(135)71(46-143)116-89(137)72-20-12-32-117(72)90(138)57(95)39-53-43-99-47-104-53/h5-8,14-17,22-25,41-43,47-49,57,60-73,101-102,119,142-143H,9-13,18-21,26-40,44-46,94-95H2,1-4H3,(H2,96,120)(H,99,104)(H,103,126)(H,105,121)(H,106,134)(H,107,131)(H,108,136)(H,109,127)(H,110,132)(H,111,129)(H,112,128)(H,113,135)(H,114,133)(H,115,130)(H,116,137)(H,122,123)(H,124,125)(H,140,141)(H4,97,98,100)/t57-,60-,61-,62-,63-,64-,65-,66-,67-,68-,69-,70-,71-,72-,73-/m0/s1. The first-order chi connectivity index (χ1) is 68.0. The van der Waals surface area contributed by atoms with Gasteiger partial charge in [-0.05, 0) is 143 Å². The smallest absolute Gasteiger partial charge is 0.326 e. The number of nitrogens with two attached hydrogens (primary N) is 4. The molecule has 0 aliphatic carbocycles. The Hall–Kier alpha value is -14.4. The molecule has 50 heteroatoms. The molecule has 16 amide bonds. The Balaban J connectivity index is 1.02. The number of phenols is 1. The highest BCUT2D eigenvalue weighted by Crippen LogP contribution is 2.27. The van der Waals surface area contributed by atoms with Gasteiger partial charge in [0.1, 0.15) is 90.3 Å². The van der Waals surface area contributed by atoms with Gasteiger partial charge < -0.3 is 143 Å². The number of nitrogens with one attached hydrogen (secondary N) is 18. The quantitative estimate of drug-likeness (QED) is 0.00767. The molecule has 0 radical (unpaired) electrons. The van der Waals surface area contributed by atoms with Crippen LogP contribution in [-0.4, -0.2) is 303 Å². The Morgan fingerprint density at radius 3 is 1.41 bits per heavy atom. The molecule has 0 spiro atoms. The van der Waals surface area contributed by atoms with Crippen LogP contribution in [0.25, 0.3) is 21.8 Å². The highest BCUT2D eigenvalue weighted by Gasteiger charge is 2.44. The fraction of sp³-hybridized carbons (Fsp3) is 0.516. The number of nitrogens with zero attached hydrogens (tertiary/aromatic N) is 3. The number of thiol groups is 2. The van der Waals surface area contributed by atoms with Gasteiger partial charge in [-0.15, -0.1) is 0 Å². The van der Waals surface area contributed by atoms with Crippen molar-refractivity contribution in [2.24, 2.45) is 34.8 Å². The number of primary amides is 1. The number of hydrogen-bond donors (Lipinski definition) is 28. The summed E-state index contributed by atoms with van der Waals surface area (Å²) in [6.07, 6.45) is 2.48. The van der Waals surface area contributed by atoms with Crippen LogP contribution in [0.1, 0.15) is 153 Å². The predicted molar refractivity (Wildman–Crippen MR) is 526 cm³/mol. The number of amides is 16. The van der Waals surface area contributed by atoms with Crippen molar-refractivity contribution in [3.05, 3.63) is 120 Å². The zero-order chi connectivity index (χ0) is 105. The number of H-pyrrole nitrogens is 3. The Bertz CT molecular complexity index is 5470. The molecule has 778 valence electrons. The first kappa shape index (κ1) is 114. The number of carboxylic acids is 3. The molecule has 2 aliphatic heterocycles. The number of imidazole rings is 1. The maximum absolute atomic E-state index is 15.5. The SMILES string of the molecule is CC(C)C[C@H](NC(=O)[C@H](CCCNC(=N)N)NC(=O)[C@H](CS)NC(=O)[C@H](CC(C)C)NC(=O)[C@H](Cc1c[nH]c2ccccc12)NC(=O)[C@H](CCC(N)=O)NC(=O)[C@H](Cc1c[nH]c2ccccc12)NC(=O)[C@H](CCC(=O)O)NC(=O)[C@@H]1CCCN1C(=O)[C@H](Cc1ccc(O)cc1)NC(=O)[C@H](CC(=O)O)NC(=O)[C@H](CS)NC(=O)[C@@H]1CCCN1C(=O)[C@@H](N)Cc1cnc[nH]1)C(=O)NCC(=O)N[C@@H](CCCCN)C(=O)O. The molecule has 2 saturated heterocycles. The topological polar surface area (TPSA) is 768 Å². The Labute approximate surface area is 833 Å². The van der Waals surface area contributed by atoms with Gasteiger partial charge in [0.25, 0.3) is 0 Å². The monoisotopic (exact) mass is 2030 g/mol. The molecule has 30 N–H and O–H groups in total. The third-order valence-corrected chi connectivity index (χ3v) is 24.7. The summed E-state index contributed by atoms with van der Waals surface area (Å²) >= 11 is 8.65. The summed E-state index contributed by atoms with van der Waals surface area (Å²) in [4.78, 5) is 283. The lowest BCUT2D eigenvalue weighted by molar-refractivity contribution is -0.144. The lowest BCUT2D eigenvalue weighted by atomic mass is 9.99. The van der Waals surface area contributed by atoms with Crippen molar-refractivity contribution in [3.8, 4) is 5.75 Å². The van der Waals surface area contributed by atoms with E-state index in [-0.39, 0.29) is 95.5 Å². The van der Waals surface area contributed by atoms with E-state index in [0.29, 0.717) is 70.0 Å². The van der Waals surface area contributed by atoms with Gasteiger partial charge in [0.15, 0.2) is 5.96 Å². The molecule has 5 heterocycles. The number of fused-ring (bicyclic) bond motifs is 2. The van der Waals surface area contributed by atoms with E-state index in [4.69, 9.17) is 28.3 Å². The first-order valence-electron chi connectivity index (χ1n) is 47.1. The number of hydrogen-bond acceptors (Lipinski definition) is 26. The van der Waals surface area contributed by atoms with Crippen LogP contribution >= 0.6 is 25.3 Å². The van der Waals surface area contributed by atoms with Gasteiger partial charge >= 0.3 is 17.9 Å². The first-order valence-corrected chi connectivity index (χ1v) is 48.4.